The van der Waals surface area contributed by atoms with Crippen molar-refractivity contribution in [2.24, 2.45) is 0 Å². The minimum absolute atomic E-state index is 0.167. The van der Waals surface area contributed by atoms with Crippen molar-refractivity contribution in [2.45, 2.75) is 6.42 Å². The molecule has 0 unspecified atom stereocenters. The van der Waals surface area contributed by atoms with Crippen molar-refractivity contribution >= 4 is 11.9 Å². The van der Waals surface area contributed by atoms with Gasteiger partial charge in [-0.2, -0.15) is 5.26 Å². The number of ether oxygens (including phenoxy) is 2. The molecule has 7 heteroatoms. The van der Waals surface area contributed by atoms with Gasteiger partial charge in [-0.1, -0.05) is 0 Å². The van der Waals surface area contributed by atoms with E-state index in [1.165, 1.54) is 0 Å². The molecule has 0 amide bonds. The topological polar surface area (TPSA) is 97.1 Å². The Bertz CT molecular complexity index is 653. The van der Waals surface area contributed by atoms with Crippen LogP contribution in [0.25, 0.3) is 0 Å². The number of hydrogen-bond acceptors (Lipinski definition) is 7. The molecule has 0 fully saturated rings. The molecule has 0 aliphatic carbocycles. The average Bonchev–Trinajstić information content (AvgIpc) is 2.60. The monoisotopic (exact) mass is 312 g/mol. The molecular formula is C16H16N4O3. The van der Waals surface area contributed by atoms with Crippen LogP contribution in [0.2, 0.25) is 0 Å². The molecule has 0 saturated heterocycles. The zero-order valence-corrected chi connectivity index (χ0v) is 12.4. The molecular weight excluding hydrogens is 296 g/mol. The highest BCUT2D eigenvalue weighted by Gasteiger charge is 2.03. The Kier molecular flexibility index (Phi) is 6.35. The third-order valence-electron chi connectivity index (χ3n) is 2.78. The van der Waals surface area contributed by atoms with Crippen molar-refractivity contribution in [3.63, 3.8) is 0 Å². The van der Waals surface area contributed by atoms with Crippen LogP contribution >= 0.6 is 0 Å². The molecule has 118 valence electrons. The number of nitrogens with zero attached hydrogens (tertiary/aromatic N) is 3. The highest BCUT2D eigenvalue weighted by Crippen LogP contribution is 2.11. The second kappa shape index (κ2) is 9.00. The van der Waals surface area contributed by atoms with Gasteiger partial charge in [-0.3, -0.25) is 4.79 Å². The van der Waals surface area contributed by atoms with Crippen LogP contribution in [0, 0.1) is 11.3 Å². The Hall–Kier alpha value is -3.14. The Morgan fingerprint density at radius 3 is 2.61 bits per heavy atom. The SMILES string of the molecule is N#Cc1ccc(OCCOC(=O)CCNc2ncccn2)cc1. The molecule has 2 rings (SSSR count). The van der Waals surface area contributed by atoms with Gasteiger partial charge in [0.2, 0.25) is 5.95 Å². The number of aromatic nitrogens is 2. The fourth-order valence-corrected chi connectivity index (χ4v) is 1.68. The summed E-state index contributed by atoms with van der Waals surface area (Å²) in [7, 11) is 0. The van der Waals surface area contributed by atoms with Crippen LogP contribution in [0.4, 0.5) is 5.95 Å². The second-order valence-corrected chi connectivity index (χ2v) is 4.45. The Morgan fingerprint density at radius 1 is 1.17 bits per heavy atom. The van der Waals surface area contributed by atoms with E-state index in [-0.39, 0.29) is 25.6 Å². The van der Waals surface area contributed by atoms with Gasteiger partial charge in [0.05, 0.1) is 18.1 Å². The van der Waals surface area contributed by atoms with Gasteiger partial charge in [0.15, 0.2) is 0 Å². The molecule has 1 heterocycles. The standard InChI is InChI=1S/C16H16N4O3/c17-12-13-2-4-14(5-3-13)22-10-11-23-15(21)6-9-20-16-18-7-1-8-19-16/h1-5,7-8H,6,9-11H2,(H,18,19,20). The molecule has 1 aromatic carbocycles. The Labute approximate surface area is 133 Å². The largest absolute Gasteiger partial charge is 0.490 e. The summed E-state index contributed by atoms with van der Waals surface area (Å²) in [5, 5.41) is 11.6. The number of nitrogens with one attached hydrogen (secondary N) is 1. The van der Waals surface area contributed by atoms with Gasteiger partial charge in [0, 0.05) is 18.9 Å². The zero-order valence-electron chi connectivity index (χ0n) is 12.4. The van der Waals surface area contributed by atoms with Gasteiger partial charge >= 0.3 is 5.97 Å². The molecule has 0 atom stereocenters. The Morgan fingerprint density at radius 2 is 1.91 bits per heavy atom. The zero-order chi connectivity index (χ0) is 16.3. The molecule has 0 aliphatic rings. The third-order valence-corrected chi connectivity index (χ3v) is 2.78. The molecule has 0 saturated carbocycles. The molecule has 2 aromatic rings. The number of benzene rings is 1. The summed E-state index contributed by atoms with van der Waals surface area (Å²) in [5.74, 6) is 0.782. The van der Waals surface area contributed by atoms with Crippen LogP contribution in [-0.2, 0) is 9.53 Å². The molecule has 0 spiro atoms. The molecule has 1 N–H and O–H groups in total. The first-order chi connectivity index (χ1) is 11.3. The van der Waals surface area contributed by atoms with Crippen LogP contribution in [0.1, 0.15) is 12.0 Å². The summed E-state index contributed by atoms with van der Waals surface area (Å²) in [5.41, 5.74) is 0.568. The number of hydrogen-bond donors (Lipinski definition) is 1. The van der Waals surface area contributed by atoms with E-state index < -0.39 is 0 Å². The van der Waals surface area contributed by atoms with E-state index in [0.29, 0.717) is 23.8 Å². The lowest BCUT2D eigenvalue weighted by Gasteiger charge is -2.08. The lowest BCUT2D eigenvalue weighted by Crippen LogP contribution is -2.16. The fourth-order valence-electron chi connectivity index (χ4n) is 1.68. The minimum Gasteiger partial charge on any atom is -0.490 e. The maximum absolute atomic E-state index is 11.5. The summed E-state index contributed by atoms with van der Waals surface area (Å²) in [6.45, 7) is 0.826. The number of anilines is 1. The van der Waals surface area contributed by atoms with Gasteiger partial charge in [-0.25, -0.2) is 9.97 Å². The summed E-state index contributed by atoms with van der Waals surface area (Å²) >= 11 is 0. The predicted molar refractivity (Wildman–Crippen MR) is 82.7 cm³/mol. The lowest BCUT2D eigenvalue weighted by molar-refractivity contribution is -0.144. The number of nitriles is 1. The highest BCUT2D eigenvalue weighted by molar-refractivity contribution is 5.69. The number of esters is 1. The van der Waals surface area contributed by atoms with Crippen molar-refractivity contribution < 1.29 is 14.3 Å². The molecule has 0 bridgehead atoms. The summed E-state index contributed by atoms with van der Waals surface area (Å²) in [6, 6.07) is 10.5. The number of carbonyl (C=O) groups excluding carboxylic acids is 1. The van der Waals surface area contributed by atoms with Crippen LogP contribution in [0.3, 0.4) is 0 Å². The van der Waals surface area contributed by atoms with Crippen LogP contribution < -0.4 is 10.1 Å². The van der Waals surface area contributed by atoms with Crippen molar-refractivity contribution in [1.82, 2.24) is 9.97 Å². The second-order valence-electron chi connectivity index (χ2n) is 4.45. The highest BCUT2D eigenvalue weighted by atomic mass is 16.6. The average molecular weight is 312 g/mol. The third kappa shape index (κ3) is 6.01. The van der Waals surface area contributed by atoms with Gasteiger partial charge in [0.25, 0.3) is 0 Å². The fraction of sp³-hybridized carbons (Fsp3) is 0.250. The van der Waals surface area contributed by atoms with Gasteiger partial charge in [0.1, 0.15) is 19.0 Å². The predicted octanol–water partition coefficient (Wildman–Crippen LogP) is 1.77. The first-order valence-corrected chi connectivity index (χ1v) is 7.07. The first kappa shape index (κ1) is 16.2. The van der Waals surface area contributed by atoms with Gasteiger partial charge < -0.3 is 14.8 Å². The van der Waals surface area contributed by atoms with E-state index in [2.05, 4.69) is 15.3 Å². The van der Waals surface area contributed by atoms with E-state index >= 15 is 0 Å². The lowest BCUT2D eigenvalue weighted by atomic mass is 10.2. The first-order valence-electron chi connectivity index (χ1n) is 7.07. The molecule has 23 heavy (non-hydrogen) atoms. The van der Waals surface area contributed by atoms with Crippen LogP contribution in [0.5, 0.6) is 5.75 Å². The maximum atomic E-state index is 11.5. The van der Waals surface area contributed by atoms with E-state index in [0.717, 1.165) is 0 Å². The van der Waals surface area contributed by atoms with Crippen LogP contribution in [0.15, 0.2) is 42.7 Å². The molecule has 7 nitrogen and oxygen atoms in total. The van der Waals surface area contributed by atoms with E-state index in [1.54, 1.807) is 42.7 Å². The molecule has 0 radical (unpaired) electrons. The van der Waals surface area contributed by atoms with E-state index in [9.17, 15) is 4.79 Å². The van der Waals surface area contributed by atoms with Crippen molar-refractivity contribution in [3.05, 3.63) is 48.3 Å². The van der Waals surface area contributed by atoms with Gasteiger partial charge in [-0.05, 0) is 30.3 Å². The smallest absolute Gasteiger partial charge is 0.307 e. The minimum atomic E-state index is -0.322. The van der Waals surface area contributed by atoms with Crippen LogP contribution in [-0.4, -0.2) is 35.7 Å². The summed E-state index contributed by atoms with van der Waals surface area (Å²) in [6.07, 6.45) is 3.46. The maximum Gasteiger partial charge on any atom is 0.307 e. The Balaban J connectivity index is 1.56. The van der Waals surface area contributed by atoms with Crippen molar-refractivity contribution in [2.75, 3.05) is 25.1 Å². The summed E-state index contributed by atoms with van der Waals surface area (Å²) in [4.78, 5) is 19.5. The van der Waals surface area contributed by atoms with E-state index in [1.807, 2.05) is 6.07 Å². The number of carbonyl (C=O) groups is 1. The number of rotatable bonds is 8. The normalized spacial score (nSPS) is 9.70. The quantitative estimate of drug-likeness (QED) is 0.586. The molecule has 1 aromatic heterocycles. The van der Waals surface area contributed by atoms with Crippen molar-refractivity contribution in [3.8, 4) is 11.8 Å². The summed E-state index contributed by atoms with van der Waals surface area (Å²) < 4.78 is 10.5. The van der Waals surface area contributed by atoms with Crippen molar-refractivity contribution in [1.29, 1.82) is 5.26 Å². The molecule has 0 aliphatic heterocycles. The van der Waals surface area contributed by atoms with E-state index in [4.69, 9.17) is 14.7 Å². The van der Waals surface area contributed by atoms with Gasteiger partial charge in [-0.15, -0.1) is 0 Å².